The highest BCUT2D eigenvalue weighted by Gasteiger charge is 2.14. The second-order valence-electron chi connectivity index (χ2n) is 5.97. The van der Waals surface area contributed by atoms with Gasteiger partial charge in [0.2, 0.25) is 0 Å². The molecule has 1 N–H and O–H groups in total. The number of hydrogen-bond donors (Lipinski definition) is 1. The summed E-state index contributed by atoms with van der Waals surface area (Å²) in [7, 11) is 5.76. The van der Waals surface area contributed by atoms with E-state index in [0.29, 0.717) is 6.54 Å². The molecule has 0 saturated heterocycles. The van der Waals surface area contributed by atoms with E-state index in [1.54, 1.807) is 25.2 Å². The number of aliphatic imine (C=N–C) groups is 1. The van der Waals surface area contributed by atoms with E-state index in [9.17, 15) is 4.39 Å². The first kappa shape index (κ1) is 22.3. The summed E-state index contributed by atoms with van der Waals surface area (Å²) in [6, 6.07) is 10.6. The highest BCUT2D eigenvalue weighted by atomic mass is 127. The Hall–Kier alpha value is -1.77. The molecule has 0 saturated carbocycles. The van der Waals surface area contributed by atoms with Gasteiger partial charge < -0.3 is 19.5 Å². The van der Waals surface area contributed by atoms with Crippen LogP contribution in [0.25, 0.3) is 0 Å². The normalized spacial score (nSPS) is 12.3. The van der Waals surface area contributed by atoms with E-state index in [1.165, 1.54) is 11.8 Å². The molecule has 1 aromatic carbocycles. The number of para-hydroxylation sites is 1. The van der Waals surface area contributed by atoms with Crippen molar-refractivity contribution in [1.82, 2.24) is 14.8 Å². The average Bonchev–Trinajstić information content (AvgIpc) is 3.00. The van der Waals surface area contributed by atoms with Gasteiger partial charge in [0.1, 0.15) is 6.10 Å². The molecule has 0 fully saturated rings. The fraction of sp³-hybridized carbons (Fsp3) is 0.421. The fourth-order valence-corrected chi connectivity index (χ4v) is 2.56. The minimum atomic E-state index is -0.342. The van der Waals surface area contributed by atoms with Gasteiger partial charge in [-0.1, -0.05) is 19.1 Å². The van der Waals surface area contributed by atoms with Crippen molar-refractivity contribution in [3.8, 4) is 5.75 Å². The third-order valence-electron chi connectivity index (χ3n) is 4.10. The quantitative estimate of drug-likeness (QED) is 0.379. The molecule has 1 unspecified atom stereocenters. The number of aryl methyl sites for hydroxylation is 1. The minimum Gasteiger partial charge on any atom is -0.486 e. The van der Waals surface area contributed by atoms with Gasteiger partial charge in [0.15, 0.2) is 17.5 Å². The molecule has 5 nitrogen and oxygen atoms in total. The second kappa shape index (κ2) is 11.1. The van der Waals surface area contributed by atoms with Crippen LogP contribution in [0.1, 0.15) is 19.0 Å². The van der Waals surface area contributed by atoms with Gasteiger partial charge >= 0.3 is 0 Å². The monoisotopic (exact) mass is 474 g/mol. The Morgan fingerprint density at radius 1 is 1.31 bits per heavy atom. The van der Waals surface area contributed by atoms with Crippen LogP contribution in [0, 0.1) is 5.82 Å². The van der Waals surface area contributed by atoms with Crippen molar-refractivity contribution in [2.24, 2.45) is 12.0 Å². The Kier molecular flexibility index (Phi) is 9.47. The summed E-state index contributed by atoms with van der Waals surface area (Å²) in [5.41, 5.74) is 1.19. The summed E-state index contributed by atoms with van der Waals surface area (Å²) in [5, 5.41) is 3.31. The third kappa shape index (κ3) is 6.19. The maximum absolute atomic E-state index is 13.7. The highest BCUT2D eigenvalue weighted by molar-refractivity contribution is 14.0. The predicted molar refractivity (Wildman–Crippen MR) is 115 cm³/mol. The molecule has 144 valence electrons. The van der Waals surface area contributed by atoms with Crippen LogP contribution in [0.15, 0.2) is 47.6 Å². The fourth-order valence-electron chi connectivity index (χ4n) is 2.56. The Labute approximate surface area is 172 Å². The molecule has 0 radical (unpaired) electrons. The van der Waals surface area contributed by atoms with Crippen LogP contribution in [0.5, 0.6) is 5.75 Å². The van der Waals surface area contributed by atoms with Crippen molar-refractivity contribution in [2.75, 3.05) is 20.6 Å². The number of rotatable bonds is 7. The number of nitrogens with one attached hydrogen (secondary N) is 1. The topological polar surface area (TPSA) is 41.8 Å². The lowest BCUT2D eigenvalue weighted by Gasteiger charge is -2.25. The summed E-state index contributed by atoms with van der Waals surface area (Å²) in [5.74, 6) is 0.714. The zero-order valence-electron chi connectivity index (χ0n) is 15.8. The largest absolute Gasteiger partial charge is 0.486 e. The number of nitrogens with zero attached hydrogens (tertiary/aromatic N) is 3. The highest BCUT2D eigenvalue weighted by Crippen LogP contribution is 2.17. The number of halogens is 2. The Morgan fingerprint density at radius 3 is 2.62 bits per heavy atom. The van der Waals surface area contributed by atoms with E-state index < -0.39 is 0 Å². The van der Waals surface area contributed by atoms with Crippen molar-refractivity contribution >= 4 is 29.9 Å². The van der Waals surface area contributed by atoms with Crippen molar-refractivity contribution < 1.29 is 9.13 Å². The summed E-state index contributed by atoms with van der Waals surface area (Å²) < 4.78 is 21.6. The molecule has 1 heterocycles. The molecule has 0 aliphatic heterocycles. The van der Waals surface area contributed by atoms with Crippen LogP contribution >= 0.6 is 24.0 Å². The maximum Gasteiger partial charge on any atom is 0.193 e. The van der Waals surface area contributed by atoms with Gasteiger partial charge in [-0.15, -0.1) is 24.0 Å². The summed E-state index contributed by atoms with van der Waals surface area (Å²) in [4.78, 5) is 6.37. The van der Waals surface area contributed by atoms with Crippen molar-refractivity contribution in [2.45, 2.75) is 26.0 Å². The van der Waals surface area contributed by atoms with Gasteiger partial charge in [0.05, 0.1) is 13.1 Å². The molecule has 0 spiro atoms. The maximum atomic E-state index is 13.7. The number of benzene rings is 1. The van der Waals surface area contributed by atoms with Gasteiger partial charge in [-0.3, -0.25) is 4.99 Å². The molecular weight excluding hydrogens is 446 g/mol. The zero-order valence-corrected chi connectivity index (χ0v) is 18.1. The van der Waals surface area contributed by atoms with Crippen LogP contribution in [0.3, 0.4) is 0 Å². The first-order valence-electron chi connectivity index (χ1n) is 8.48. The van der Waals surface area contributed by atoms with E-state index in [1.807, 2.05) is 38.2 Å². The van der Waals surface area contributed by atoms with Gasteiger partial charge in [-0.05, 0) is 30.7 Å². The molecular formula is C19H28FIN4O. The molecule has 0 bridgehead atoms. The Morgan fingerprint density at radius 2 is 2.04 bits per heavy atom. The van der Waals surface area contributed by atoms with Crippen LogP contribution < -0.4 is 10.1 Å². The zero-order chi connectivity index (χ0) is 18.2. The van der Waals surface area contributed by atoms with Gasteiger partial charge in [-0.2, -0.15) is 0 Å². The van der Waals surface area contributed by atoms with Crippen molar-refractivity contribution in [3.63, 3.8) is 0 Å². The van der Waals surface area contributed by atoms with Crippen LogP contribution in [-0.2, 0) is 13.6 Å². The summed E-state index contributed by atoms with van der Waals surface area (Å²) in [6.07, 6.45) is 2.64. The number of hydrogen-bond acceptors (Lipinski definition) is 2. The number of ether oxygens (including phenoxy) is 1. The van der Waals surface area contributed by atoms with Crippen LogP contribution in [0.2, 0.25) is 0 Å². The lowest BCUT2D eigenvalue weighted by molar-refractivity contribution is 0.190. The average molecular weight is 474 g/mol. The van der Waals surface area contributed by atoms with Gasteiger partial charge in [-0.25, -0.2) is 4.39 Å². The molecule has 0 amide bonds. The standard InChI is InChI=1S/C19H27FN4O.HI/c1-5-16(25-18-11-7-6-10-17(18)20)13-22-19(21-2)24(4)14-15-9-8-12-23(15)3;/h6-12,16H,5,13-14H2,1-4H3,(H,21,22);1H. The summed E-state index contributed by atoms with van der Waals surface area (Å²) >= 11 is 0. The predicted octanol–water partition coefficient (Wildman–Crippen LogP) is 3.65. The van der Waals surface area contributed by atoms with Gasteiger partial charge in [0, 0.05) is 33.0 Å². The van der Waals surface area contributed by atoms with Crippen molar-refractivity contribution in [1.29, 1.82) is 0 Å². The van der Waals surface area contributed by atoms with E-state index >= 15 is 0 Å². The molecule has 0 aliphatic rings. The van der Waals surface area contributed by atoms with E-state index in [0.717, 1.165) is 18.9 Å². The smallest absolute Gasteiger partial charge is 0.193 e. The van der Waals surface area contributed by atoms with E-state index in [2.05, 4.69) is 20.9 Å². The molecule has 7 heteroatoms. The first-order valence-corrected chi connectivity index (χ1v) is 8.48. The Bertz CT molecular complexity index is 704. The lowest BCUT2D eigenvalue weighted by atomic mass is 10.2. The molecule has 26 heavy (non-hydrogen) atoms. The van der Waals surface area contributed by atoms with Crippen LogP contribution in [-0.4, -0.2) is 42.2 Å². The molecule has 2 aromatic rings. The van der Waals surface area contributed by atoms with Crippen LogP contribution in [0.4, 0.5) is 4.39 Å². The lowest BCUT2D eigenvalue weighted by Crippen LogP contribution is -2.43. The molecule has 1 aromatic heterocycles. The minimum absolute atomic E-state index is 0. The molecule has 1 atom stereocenters. The summed E-state index contributed by atoms with van der Waals surface area (Å²) in [6.45, 7) is 3.31. The second-order valence-corrected chi connectivity index (χ2v) is 5.97. The van der Waals surface area contributed by atoms with Crippen molar-refractivity contribution in [3.05, 3.63) is 54.1 Å². The SMILES string of the molecule is CCC(CNC(=NC)N(C)Cc1cccn1C)Oc1ccccc1F.I. The van der Waals surface area contributed by atoms with E-state index in [4.69, 9.17) is 4.74 Å². The number of guanidine groups is 1. The molecule has 2 rings (SSSR count). The molecule has 0 aliphatic carbocycles. The van der Waals surface area contributed by atoms with E-state index in [-0.39, 0.29) is 41.6 Å². The number of aromatic nitrogens is 1. The first-order chi connectivity index (χ1) is 12.0. The third-order valence-corrected chi connectivity index (χ3v) is 4.10. The van der Waals surface area contributed by atoms with Gasteiger partial charge in [0.25, 0.3) is 0 Å². The Balaban J connectivity index is 0.00000338.